The predicted octanol–water partition coefficient (Wildman–Crippen LogP) is 4.57. The SMILES string of the molecule is Cc1cccc(CSc2nc(C(F)(F)F)ccc2C#N)c1. The summed E-state index contributed by atoms with van der Waals surface area (Å²) in [5.74, 6) is 0.463. The average molecular weight is 308 g/mol. The molecule has 0 aliphatic heterocycles. The molecule has 1 aromatic heterocycles. The lowest BCUT2D eigenvalue weighted by molar-refractivity contribution is -0.141. The first-order valence-corrected chi connectivity index (χ1v) is 7.05. The molecular weight excluding hydrogens is 297 g/mol. The minimum Gasteiger partial charge on any atom is -0.236 e. The monoisotopic (exact) mass is 308 g/mol. The maximum absolute atomic E-state index is 12.7. The Morgan fingerprint density at radius 2 is 2.00 bits per heavy atom. The van der Waals surface area contributed by atoms with Crippen molar-refractivity contribution in [2.24, 2.45) is 0 Å². The van der Waals surface area contributed by atoms with Gasteiger partial charge in [0.15, 0.2) is 0 Å². The van der Waals surface area contributed by atoms with Gasteiger partial charge >= 0.3 is 6.18 Å². The number of hydrogen-bond donors (Lipinski definition) is 0. The normalized spacial score (nSPS) is 11.2. The summed E-state index contributed by atoms with van der Waals surface area (Å²) in [5.41, 5.74) is 1.22. The lowest BCUT2D eigenvalue weighted by Gasteiger charge is -2.09. The first-order valence-electron chi connectivity index (χ1n) is 6.07. The highest BCUT2D eigenvalue weighted by Gasteiger charge is 2.33. The number of nitrogens with zero attached hydrogens (tertiary/aromatic N) is 2. The molecule has 21 heavy (non-hydrogen) atoms. The maximum atomic E-state index is 12.7. The number of alkyl halides is 3. The highest BCUT2D eigenvalue weighted by molar-refractivity contribution is 7.98. The minimum absolute atomic E-state index is 0.105. The van der Waals surface area contributed by atoms with E-state index >= 15 is 0 Å². The van der Waals surface area contributed by atoms with Crippen LogP contribution in [0, 0.1) is 18.3 Å². The summed E-state index contributed by atoms with van der Waals surface area (Å²) in [6, 6.07) is 11.5. The lowest BCUT2D eigenvalue weighted by Crippen LogP contribution is -2.08. The van der Waals surface area contributed by atoms with Gasteiger partial charge in [-0.2, -0.15) is 18.4 Å². The average Bonchev–Trinajstić information content (AvgIpc) is 2.44. The highest BCUT2D eigenvalue weighted by Crippen LogP contribution is 2.31. The fourth-order valence-electron chi connectivity index (χ4n) is 1.75. The molecule has 0 amide bonds. The zero-order chi connectivity index (χ0) is 15.5. The van der Waals surface area contributed by atoms with E-state index in [2.05, 4.69) is 4.98 Å². The van der Waals surface area contributed by atoms with Crippen LogP contribution >= 0.6 is 11.8 Å². The van der Waals surface area contributed by atoms with E-state index in [1.54, 1.807) is 0 Å². The van der Waals surface area contributed by atoms with E-state index in [1.807, 2.05) is 37.3 Å². The summed E-state index contributed by atoms with van der Waals surface area (Å²) in [7, 11) is 0. The number of aryl methyl sites for hydroxylation is 1. The van der Waals surface area contributed by atoms with Crippen LogP contribution < -0.4 is 0 Å². The van der Waals surface area contributed by atoms with Crippen LogP contribution in [0.1, 0.15) is 22.4 Å². The Balaban J connectivity index is 2.24. The standard InChI is InChI=1S/C15H11F3N2S/c1-10-3-2-4-11(7-10)9-21-14-12(8-19)5-6-13(20-14)15(16,17)18/h2-7H,9H2,1H3. The van der Waals surface area contributed by atoms with Crippen molar-refractivity contribution in [1.82, 2.24) is 4.98 Å². The van der Waals surface area contributed by atoms with Crippen LogP contribution in [-0.4, -0.2) is 4.98 Å². The van der Waals surface area contributed by atoms with Gasteiger partial charge in [0.25, 0.3) is 0 Å². The summed E-state index contributed by atoms with van der Waals surface area (Å²) < 4.78 is 38.0. The number of hydrogen-bond acceptors (Lipinski definition) is 3. The minimum atomic E-state index is -4.51. The van der Waals surface area contributed by atoms with Gasteiger partial charge < -0.3 is 0 Å². The van der Waals surface area contributed by atoms with Gasteiger partial charge in [-0.05, 0) is 24.6 Å². The summed E-state index contributed by atoms with van der Waals surface area (Å²) in [6.07, 6.45) is -4.51. The second-order valence-corrected chi connectivity index (χ2v) is 5.40. The summed E-state index contributed by atoms with van der Waals surface area (Å²) in [5, 5.41) is 9.07. The molecule has 2 nitrogen and oxygen atoms in total. The molecule has 0 saturated heterocycles. The third-order valence-electron chi connectivity index (χ3n) is 2.73. The molecule has 0 fully saturated rings. The molecular formula is C15H11F3N2S. The van der Waals surface area contributed by atoms with Gasteiger partial charge in [-0.15, -0.1) is 11.8 Å². The Morgan fingerprint density at radius 1 is 1.24 bits per heavy atom. The predicted molar refractivity (Wildman–Crippen MR) is 74.7 cm³/mol. The third-order valence-corrected chi connectivity index (χ3v) is 3.79. The van der Waals surface area contributed by atoms with E-state index in [0.29, 0.717) is 5.75 Å². The molecule has 2 aromatic rings. The van der Waals surface area contributed by atoms with Gasteiger partial charge in [0.1, 0.15) is 16.8 Å². The summed E-state index contributed by atoms with van der Waals surface area (Å²) in [6.45, 7) is 1.94. The van der Waals surface area contributed by atoms with Crippen molar-refractivity contribution >= 4 is 11.8 Å². The Labute approximate surface area is 124 Å². The molecule has 2 rings (SSSR count). The molecule has 0 aliphatic rings. The molecule has 108 valence electrons. The number of aromatic nitrogens is 1. The first-order chi connectivity index (χ1) is 9.90. The smallest absolute Gasteiger partial charge is 0.236 e. The Kier molecular flexibility index (Phi) is 4.53. The van der Waals surface area contributed by atoms with E-state index in [4.69, 9.17) is 5.26 Å². The van der Waals surface area contributed by atoms with E-state index in [1.165, 1.54) is 0 Å². The number of benzene rings is 1. The van der Waals surface area contributed by atoms with Crippen molar-refractivity contribution < 1.29 is 13.2 Å². The number of rotatable bonds is 3. The zero-order valence-electron chi connectivity index (χ0n) is 11.1. The van der Waals surface area contributed by atoms with Crippen LogP contribution in [0.4, 0.5) is 13.2 Å². The van der Waals surface area contributed by atoms with Gasteiger partial charge in [-0.25, -0.2) is 4.98 Å². The van der Waals surface area contributed by atoms with Crippen LogP contribution in [0.25, 0.3) is 0 Å². The van der Waals surface area contributed by atoms with Gasteiger partial charge in [0, 0.05) is 5.75 Å². The quantitative estimate of drug-likeness (QED) is 0.779. The van der Waals surface area contributed by atoms with Crippen molar-refractivity contribution in [3.05, 3.63) is 58.8 Å². The second-order valence-electron chi connectivity index (χ2n) is 4.44. The van der Waals surface area contributed by atoms with Gasteiger partial charge in [-0.1, -0.05) is 29.8 Å². The molecule has 0 bridgehead atoms. The molecule has 0 radical (unpaired) electrons. The molecule has 0 N–H and O–H groups in total. The van der Waals surface area contributed by atoms with Crippen molar-refractivity contribution in [3.63, 3.8) is 0 Å². The molecule has 0 spiro atoms. The molecule has 6 heteroatoms. The molecule has 1 heterocycles. The van der Waals surface area contributed by atoms with Gasteiger partial charge in [0.05, 0.1) is 5.56 Å². The number of nitriles is 1. The molecule has 0 aliphatic carbocycles. The molecule has 0 unspecified atom stereocenters. The third kappa shape index (κ3) is 3.99. The van der Waals surface area contributed by atoms with E-state index in [-0.39, 0.29) is 10.6 Å². The summed E-state index contributed by atoms with van der Waals surface area (Å²) in [4.78, 5) is 3.57. The highest BCUT2D eigenvalue weighted by atomic mass is 32.2. The van der Waals surface area contributed by atoms with Gasteiger partial charge in [-0.3, -0.25) is 0 Å². The zero-order valence-corrected chi connectivity index (χ0v) is 11.9. The van der Waals surface area contributed by atoms with Crippen LogP contribution in [0.3, 0.4) is 0 Å². The van der Waals surface area contributed by atoms with Crippen LogP contribution in [-0.2, 0) is 11.9 Å². The van der Waals surface area contributed by atoms with Crippen molar-refractivity contribution in [3.8, 4) is 6.07 Å². The van der Waals surface area contributed by atoms with Crippen LogP contribution in [0.5, 0.6) is 0 Å². The summed E-state index contributed by atoms with van der Waals surface area (Å²) >= 11 is 1.13. The Bertz CT molecular complexity index is 690. The first kappa shape index (κ1) is 15.4. The van der Waals surface area contributed by atoms with Crippen molar-refractivity contribution in [1.29, 1.82) is 5.26 Å². The number of pyridine rings is 1. The van der Waals surface area contributed by atoms with E-state index < -0.39 is 11.9 Å². The fraction of sp³-hybridized carbons (Fsp3) is 0.200. The Hall–Kier alpha value is -2.00. The molecule has 0 atom stereocenters. The van der Waals surface area contributed by atoms with Crippen LogP contribution in [0.15, 0.2) is 41.4 Å². The maximum Gasteiger partial charge on any atom is 0.433 e. The Morgan fingerprint density at radius 3 is 2.62 bits per heavy atom. The largest absolute Gasteiger partial charge is 0.433 e. The number of thioether (sulfide) groups is 1. The van der Waals surface area contributed by atoms with E-state index in [0.717, 1.165) is 35.0 Å². The van der Waals surface area contributed by atoms with E-state index in [9.17, 15) is 13.2 Å². The van der Waals surface area contributed by atoms with Crippen molar-refractivity contribution in [2.75, 3.05) is 0 Å². The molecule has 0 saturated carbocycles. The van der Waals surface area contributed by atoms with Crippen LogP contribution in [0.2, 0.25) is 0 Å². The fourth-order valence-corrected chi connectivity index (χ4v) is 2.66. The lowest BCUT2D eigenvalue weighted by atomic mass is 10.2. The van der Waals surface area contributed by atoms with Gasteiger partial charge in [0.2, 0.25) is 0 Å². The number of halogens is 3. The second kappa shape index (κ2) is 6.19. The topological polar surface area (TPSA) is 36.7 Å². The molecule has 1 aromatic carbocycles. The van der Waals surface area contributed by atoms with Crippen molar-refractivity contribution in [2.45, 2.75) is 23.9 Å².